The van der Waals surface area contributed by atoms with E-state index in [0.29, 0.717) is 12.8 Å². The lowest BCUT2D eigenvalue weighted by Crippen LogP contribution is -2.60. The van der Waals surface area contributed by atoms with Gasteiger partial charge in [-0.15, -0.1) is 0 Å². The minimum atomic E-state index is -1.86. The number of aliphatic carboxylic acids is 1. The third-order valence-corrected chi connectivity index (χ3v) is 12.2. The maximum atomic E-state index is 12.8. The predicted molar refractivity (Wildman–Crippen MR) is 243 cm³/mol. The van der Waals surface area contributed by atoms with Gasteiger partial charge in [0.2, 0.25) is 0 Å². The summed E-state index contributed by atoms with van der Waals surface area (Å²) < 4.78 is 21.8. The van der Waals surface area contributed by atoms with Crippen LogP contribution in [0.3, 0.4) is 0 Å². The van der Waals surface area contributed by atoms with Gasteiger partial charge in [0.05, 0.1) is 6.61 Å². The molecule has 1 fully saturated rings. The molecule has 1 heterocycles. The molecule has 360 valence electrons. The SMILES string of the molecule is CCCCCCCCCCCCCCCCCCCCCC(=O)OCC(COC1OC(C(=O)O)C(O)C(O)C1O)OC(=O)CCCCCCCCCCCCCCCCCC. The fraction of sp³-hybridized carbons (Fsp3) is 0.940. The Balaban J connectivity index is 2.28. The normalized spacial score (nSPS) is 19.5. The van der Waals surface area contributed by atoms with Gasteiger partial charge < -0.3 is 39.4 Å². The Morgan fingerprint density at radius 3 is 1.11 bits per heavy atom. The number of carboxylic acid groups (broad SMARTS) is 1. The monoisotopic (exact) mass is 871 g/mol. The summed E-state index contributed by atoms with van der Waals surface area (Å²) in [7, 11) is 0. The summed E-state index contributed by atoms with van der Waals surface area (Å²) in [6.07, 6.45) is 34.4. The Labute approximate surface area is 372 Å². The highest BCUT2D eigenvalue weighted by molar-refractivity contribution is 5.73. The van der Waals surface area contributed by atoms with Gasteiger partial charge in [-0.2, -0.15) is 0 Å². The van der Waals surface area contributed by atoms with E-state index < -0.39 is 54.7 Å². The highest BCUT2D eigenvalue weighted by Crippen LogP contribution is 2.23. The van der Waals surface area contributed by atoms with Crippen molar-refractivity contribution in [2.75, 3.05) is 13.2 Å². The summed E-state index contributed by atoms with van der Waals surface area (Å²) in [5.41, 5.74) is 0. The Morgan fingerprint density at radius 1 is 0.443 bits per heavy atom. The molecular formula is C50H94O11. The first-order valence-electron chi connectivity index (χ1n) is 25.6. The second kappa shape index (κ2) is 40.9. The number of carbonyl (C=O) groups is 3. The van der Waals surface area contributed by atoms with Crippen LogP contribution >= 0.6 is 0 Å². The van der Waals surface area contributed by atoms with E-state index in [9.17, 15) is 34.8 Å². The molecule has 61 heavy (non-hydrogen) atoms. The molecule has 11 heteroatoms. The highest BCUT2D eigenvalue weighted by atomic mass is 16.7. The standard InChI is InChI=1S/C50H94O11/c1-3-5-7-9-11-13-15-17-19-21-22-23-25-26-28-30-32-34-36-38-43(51)58-40-42(41-59-50-47(55)45(53)46(54)48(61-50)49(56)57)60-44(52)39-37-35-33-31-29-27-24-20-18-16-14-12-10-8-6-4-2/h42,45-48,50,53-55H,3-41H2,1-2H3,(H,56,57). The molecular weight excluding hydrogens is 777 g/mol. The highest BCUT2D eigenvalue weighted by Gasteiger charge is 2.47. The van der Waals surface area contributed by atoms with Gasteiger partial charge in [0.1, 0.15) is 24.9 Å². The molecule has 0 aromatic heterocycles. The molecule has 0 saturated carbocycles. The molecule has 0 aliphatic carbocycles. The van der Waals surface area contributed by atoms with Crippen molar-refractivity contribution in [1.29, 1.82) is 0 Å². The number of carboxylic acids is 1. The molecule has 0 aromatic carbocycles. The van der Waals surface area contributed by atoms with Gasteiger partial charge in [0.15, 0.2) is 18.5 Å². The van der Waals surface area contributed by atoms with Crippen molar-refractivity contribution >= 4 is 17.9 Å². The molecule has 1 saturated heterocycles. The quantitative estimate of drug-likeness (QED) is 0.0339. The summed E-state index contributed by atoms with van der Waals surface area (Å²) in [5.74, 6) is -2.42. The Morgan fingerprint density at radius 2 is 0.770 bits per heavy atom. The van der Waals surface area contributed by atoms with Crippen LogP contribution in [-0.4, -0.2) is 88.4 Å². The van der Waals surface area contributed by atoms with E-state index in [4.69, 9.17) is 18.9 Å². The Hall–Kier alpha value is -1.79. The van der Waals surface area contributed by atoms with Crippen LogP contribution in [0.1, 0.15) is 251 Å². The Bertz CT molecular complexity index is 1030. The van der Waals surface area contributed by atoms with Crippen LogP contribution in [0.15, 0.2) is 0 Å². The number of esters is 2. The average molecular weight is 871 g/mol. The molecule has 11 nitrogen and oxygen atoms in total. The van der Waals surface area contributed by atoms with Crippen LogP contribution in [0.25, 0.3) is 0 Å². The number of rotatable bonds is 44. The second-order valence-corrected chi connectivity index (χ2v) is 18.0. The molecule has 1 aliphatic rings. The lowest BCUT2D eigenvalue weighted by Gasteiger charge is -2.38. The van der Waals surface area contributed by atoms with Gasteiger partial charge >= 0.3 is 17.9 Å². The lowest BCUT2D eigenvalue weighted by molar-refractivity contribution is -0.298. The summed E-state index contributed by atoms with van der Waals surface area (Å²) in [5, 5.41) is 39.9. The number of hydrogen-bond donors (Lipinski definition) is 4. The smallest absolute Gasteiger partial charge is 0.335 e. The van der Waals surface area contributed by atoms with Crippen molar-refractivity contribution in [3.63, 3.8) is 0 Å². The van der Waals surface area contributed by atoms with Gasteiger partial charge in [-0.05, 0) is 12.8 Å². The van der Waals surface area contributed by atoms with Crippen molar-refractivity contribution in [2.24, 2.45) is 0 Å². The van der Waals surface area contributed by atoms with E-state index >= 15 is 0 Å². The first-order valence-corrected chi connectivity index (χ1v) is 25.6. The maximum absolute atomic E-state index is 12.8. The topological polar surface area (TPSA) is 169 Å². The van der Waals surface area contributed by atoms with Gasteiger partial charge in [0, 0.05) is 12.8 Å². The maximum Gasteiger partial charge on any atom is 0.335 e. The number of hydrogen-bond acceptors (Lipinski definition) is 10. The van der Waals surface area contributed by atoms with Gasteiger partial charge in [-0.3, -0.25) is 9.59 Å². The number of aliphatic hydroxyl groups excluding tert-OH is 3. The molecule has 1 rings (SSSR count). The third-order valence-electron chi connectivity index (χ3n) is 12.2. The van der Waals surface area contributed by atoms with Crippen molar-refractivity contribution < 1.29 is 53.8 Å². The molecule has 1 aliphatic heterocycles. The van der Waals surface area contributed by atoms with E-state index in [1.165, 1.54) is 173 Å². The molecule has 4 N–H and O–H groups in total. The van der Waals surface area contributed by atoms with E-state index in [-0.39, 0.29) is 26.1 Å². The molecule has 0 radical (unpaired) electrons. The Kier molecular flexibility index (Phi) is 38.4. The van der Waals surface area contributed by atoms with Crippen LogP contribution in [0, 0.1) is 0 Å². The summed E-state index contributed by atoms with van der Waals surface area (Å²) >= 11 is 0. The van der Waals surface area contributed by atoms with Crippen LogP contribution in [0.2, 0.25) is 0 Å². The van der Waals surface area contributed by atoms with E-state index in [0.717, 1.165) is 38.5 Å². The first-order chi connectivity index (χ1) is 29.7. The summed E-state index contributed by atoms with van der Waals surface area (Å²) in [6.45, 7) is 3.86. The van der Waals surface area contributed by atoms with Crippen LogP contribution in [-0.2, 0) is 33.3 Å². The van der Waals surface area contributed by atoms with Crippen molar-refractivity contribution in [3.05, 3.63) is 0 Å². The number of carbonyl (C=O) groups excluding carboxylic acids is 2. The number of aliphatic hydroxyl groups is 3. The zero-order valence-electron chi connectivity index (χ0n) is 39.2. The van der Waals surface area contributed by atoms with Crippen molar-refractivity contribution in [2.45, 2.75) is 288 Å². The predicted octanol–water partition coefficient (Wildman–Crippen LogP) is 11.8. The third kappa shape index (κ3) is 32.5. The molecule has 6 atom stereocenters. The summed E-state index contributed by atoms with van der Waals surface area (Å²) in [6, 6.07) is 0. The van der Waals surface area contributed by atoms with Crippen molar-refractivity contribution in [1.82, 2.24) is 0 Å². The van der Waals surface area contributed by atoms with Crippen LogP contribution < -0.4 is 0 Å². The van der Waals surface area contributed by atoms with Crippen LogP contribution in [0.4, 0.5) is 0 Å². The molecule has 0 amide bonds. The number of unbranched alkanes of at least 4 members (excludes halogenated alkanes) is 33. The first kappa shape index (κ1) is 57.2. The molecule has 6 unspecified atom stereocenters. The van der Waals surface area contributed by atoms with Gasteiger partial charge in [0.25, 0.3) is 0 Å². The zero-order valence-corrected chi connectivity index (χ0v) is 39.2. The van der Waals surface area contributed by atoms with Crippen molar-refractivity contribution in [3.8, 4) is 0 Å². The van der Waals surface area contributed by atoms with Crippen LogP contribution in [0.5, 0.6) is 0 Å². The van der Waals surface area contributed by atoms with Gasteiger partial charge in [-0.25, -0.2) is 4.79 Å². The van der Waals surface area contributed by atoms with E-state index in [1.807, 2.05) is 0 Å². The fourth-order valence-electron chi connectivity index (χ4n) is 8.18. The zero-order chi connectivity index (χ0) is 44.6. The minimum Gasteiger partial charge on any atom is -0.479 e. The summed E-state index contributed by atoms with van der Waals surface area (Å²) in [4.78, 5) is 36.9. The fourth-order valence-corrected chi connectivity index (χ4v) is 8.18. The van der Waals surface area contributed by atoms with Gasteiger partial charge in [-0.1, -0.05) is 226 Å². The largest absolute Gasteiger partial charge is 0.479 e. The molecule has 0 bridgehead atoms. The second-order valence-electron chi connectivity index (χ2n) is 18.0. The molecule has 0 spiro atoms. The van der Waals surface area contributed by atoms with E-state index in [1.54, 1.807) is 0 Å². The number of ether oxygens (including phenoxy) is 4. The lowest BCUT2D eigenvalue weighted by atomic mass is 9.99. The molecule has 0 aromatic rings. The van der Waals surface area contributed by atoms with E-state index in [2.05, 4.69) is 13.8 Å². The minimum absolute atomic E-state index is 0.191. The average Bonchev–Trinajstić information content (AvgIpc) is 3.24.